The molecule has 4 heteroatoms. The van der Waals surface area contributed by atoms with Gasteiger partial charge in [0.25, 0.3) is 0 Å². The van der Waals surface area contributed by atoms with Crippen LogP contribution in [0.25, 0.3) is 0 Å². The molecule has 13 heavy (non-hydrogen) atoms. The highest BCUT2D eigenvalue weighted by Crippen LogP contribution is 2.37. The summed E-state index contributed by atoms with van der Waals surface area (Å²) in [5.41, 5.74) is -0.590. The van der Waals surface area contributed by atoms with E-state index in [1.54, 1.807) is 6.92 Å². The Balaban J connectivity index is 2.65. The van der Waals surface area contributed by atoms with Gasteiger partial charge < -0.3 is 4.43 Å². The summed E-state index contributed by atoms with van der Waals surface area (Å²) >= 11 is 0. The molecule has 0 bridgehead atoms. The fourth-order valence-corrected chi connectivity index (χ4v) is 2.60. The van der Waals surface area contributed by atoms with E-state index in [2.05, 4.69) is 6.58 Å². The summed E-state index contributed by atoms with van der Waals surface area (Å²) in [4.78, 5) is 0. The Morgan fingerprint density at radius 3 is 1.85 bits per heavy atom. The highest BCUT2D eigenvalue weighted by atomic mass is 28.3. The number of rotatable bonds is 2. The largest absolute Gasteiger partial charge is 0.905 e. The van der Waals surface area contributed by atoms with Gasteiger partial charge in [-0.05, 0) is 34.6 Å². The fraction of sp³-hybridized carbons (Fsp3) is 0.778. The molecule has 1 fully saturated rings. The second-order valence-corrected chi connectivity index (χ2v) is 5.39. The van der Waals surface area contributed by atoms with Crippen LogP contribution in [0.2, 0.25) is 0 Å². The first-order chi connectivity index (χ1) is 5.74. The molecular weight excluding hydrogens is 184 g/mol. The molecule has 0 aliphatic carbocycles. The van der Waals surface area contributed by atoms with E-state index < -0.39 is 9.53 Å². The Morgan fingerprint density at radius 1 is 1.15 bits per heavy atom. The minimum atomic E-state index is -1.62. The number of allylic oxidation sites excluding steroid dienone is 1. The third kappa shape index (κ3) is 2.13. The Labute approximate surface area is 81.7 Å². The van der Waals surface area contributed by atoms with E-state index in [1.165, 1.54) is 0 Å². The zero-order valence-electron chi connectivity index (χ0n) is 8.93. The smallest absolute Gasteiger partial charge is 0.316 e. The fourth-order valence-electron chi connectivity index (χ4n) is 0.867. The van der Waals surface area contributed by atoms with Gasteiger partial charge in [0.05, 0.1) is 0 Å². The van der Waals surface area contributed by atoms with Crippen molar-refractivity contribution in [3.05, 3.63) is 12.3 Å². The maximum atomic E-state index is 5.67. The third-order valence-corrected chi connectivity index (χ3v) is 4.25. The number of hydrogen-bond acceptors (Lipinski definition) is 3. The molecule has 0 unspecified atom stereocenters. The summed E-state index contributed by atoms with van der Waals surface area (Å²) in [6.07, 6.45) is 0. The average molecular weight is 201 g/mol. The van der Waals surface area contributed by atoms with E-state index in [4.69, 9.17) is 13.3 Å². The standard InChI is InChI=1S/C9H17O3Si/c1-7(2)10-13-11-8(3,4)9(5,6)12-13/h1H2,2-6H3/q+1. The molecule has 1 aliphatic rings. The van der Waals surface area contributed by atoms with E-state index in [9.17, 15) is 0 Å². The molecule has 1 aliphatic heterocycles. The SMILES string of the molecule is C=C(C)O[Si+]1OC(C)(C)C(C)(C)O1. The van der Waals surface area contributed by atoms with Crippen LogP contribution >= 0.6 is 0 Å². The molecule has 0 aromatic rings. The molecule has 1 saturated heterocycles. The monoisotopic (exact) mass is 201 g/mol. The molecule has 3 nitrogen and oxygen atoms in total. The van der Waals surface area contributed by atoms with Crippen LogP contribution in [0.3, 0.4) is 0 Å². The highest BCUT2D eigenvalue weighted by molar-refractivity contribution is 6.38. The van der Waals surface area contributed by atoms with Crippen molar-refractivity contribution < 1.29 is 13.3 Å². The van der Waals surface area contributed by atoms with Gasteiger partial charge in [0.2, 0.25) is 0 Å². The zero-order valence-corrected chi connectivity index (χ0v) is 9.93. The second-order valence-electron chi connectivity index (χ2n) is 4.28. The lowest BCUT2D eigenvalue weighted by Gasteiger charge is -2.25. The predicted octanol–water partition coefficient (Wildman–Crippen LogP) is 2.13. The molecular formula is C9H17O3Si+. The van der Waals surface area contributed by atoms with Crippen molar-refractivity contribution in [1.82, 2.24) is 0 Å². The summed E-state index contributed by atoms with van der Waals surface area (Å²) < 4.78 is 16.7. The van der Waals surface area contributed by atoms with Crippen LogP contribution < -0.4 is 0 Å². The molecule has 1 rings (SSSR count). The van der Waals surface area contributed by atoms with Crippen molar-refractivity contribution in [3.63, 3.8) is 0 Å². The summed E-state index contributed by atoms with van der Waals surface area (Å²) in [5, 5.41) is 0. The predicted molar refractivity (Wildman–Crippen MR) is 52.0 cm³/mol. The summed E-state index contributed by atoms with van der Waals surface area (Å²) in [7, 11) is -1.62. The quantitative estimate of drug-likeness (QED) is 0.506. The molecule has 0 N–H and O–H groups in total. The zero-order chi connectivity index (χ0) is 10.3. The number of hydrogen-bond donors (Lipinski definition) is 0. The minimum absolute atomic E-state index is 0.295. The van der Waals surface area contributed by atoms with Crippen LogP contribution in [-0.4, -0.2) is 20.7 Å². The van der Waals surface area contributed by atoms with E-state index in [-0.39, 0.29) is 11.2 Å². The first-order valence-electron chi connectivity index (χ1n) is 4.33. The topological polar surface area (TPSA) is 27.7 Å². The van der Waals surface area contributed by atoms with Crippen molar-refractivity contribution in [2.45, 2.75) is 45.8 Å². The summed E-state index contributed by atoms with van der Waals surface area (Å²) in [5.74, 6) is 0.641. The van der Waals surface area contributed by atoms with Gasteiger partial charge in [-0.2, -0.15) is 8.85 Å². The van der Waals surface area contributed by atoms with Crippen LogP contribution in [0.5, 0.6) is 0 Å². The molecule has 0 saturated carbocycles. The molecule has 0 aromatic carbocycles. The van der Waals surface area contributed by atoms with E-state index >= 15 is 0 Å². The molecule has 0 radical (unpaired) electrons. The molecule has 0 atom stereocenters. The highest BCUT2D eigenvalue weighted by Gasteiger charge is 2.65. The minimum Gasteiger partial charge on any atom is -0.316 e. The Morgan fingerprint density at radius 2 is 1.54 bits per heavy atom. The van der Waals surface area contributed by atoms with Crippen LogP contribution in [0.1, 0.15) is 34.6 Å². The van der Waals surface area contributed by atoms with Gasteiger partial charge in [-0.1, -0.05) is 6.58 Å². The van der Waals surface area contributed by atoms with Gasteiger partial charge in [-0.15, -0.1) is 0 Å². The lowest BCUT2D eigenvalue weighted by molar-refractivity contribution is 0.00578. The van der Waals surface area contributed by atoms with Crippen LogP contribution in [0, 0.1) is 0 Å². The average Bonchev–Trinajstić information content (AvgIpc) is 1.98. The van der Waals surface area contributed by atoms with E-state index in [0.717, 1.165) is 0 Å². The summed E-state index contributed by atoms with van der Waals surface area (Å²) in [6.45, 7) is 13.5. The van der Waals surface area contributed by atoms with Gasteiger partial charge in [-0.3, -0.25) is 0 Å². The molecule has 0 spiro atoms. The van der Waals surface area contributed by atoms with E-state index in [0.29, 0.717) is 5.76 Å². The lowest BCUT2D eigenvalue weighted by Crippen LogP contribution is -2.41. The first-order valence-corrected chi connectivity index (χ1v) is 5.55. The Bertz CT molecular complexity index is 207. The Hall–Kier alpha value is -0.323. The van der Waals surface area contributed by atoms with Crippen molar-refractivity contribution in [2.24, 2.45) is 0 Å². The maximum absolute atomic E-state index is 5.67. The first kappa shape index (κ1) is 10.8. The molecule has 0 aromatic heterocycles. The van der Waals surface area contributed by atoms with Crippen molar-refractivity contribution in [3.8, 4) is 0 Å². The molecule has 1 heterocycles. The second kappa shape index (κ2) is 3.11. The van der Waals surface area contributed by atoms with Crippen molar-refractivity contribution in [2.75, 3.05) is 0 Å². The van der Waals surface area contributed by atoms with Gasteiger partial charge in [0.1, 0.15) is 17.0 Å². The van der Waals surface area contributed by atoms with Gasteiger partial charge in [-0.25, -0.2) is 0 Å². The van der Waals surface area contributed by atoms with Crippen LogP contribution in [-0.2, 0) is 13.3 Å². The van der Waals surface area contributed by atoms with E-state index in [1.807, 2.05) is 27.7 Å². The summed E-state index contributed by atoms with van der Waals surface area (Å²) in [6, 6.07) is 0. The van der Waals surface area contributed by atoms with Gasteiger partial charge >= 0.3 is 9.53 Å². The van der Waals surface area contributed by atoms with Crippen LogP contribution in [0.15, 0.2) is 12.3 Å². The van der Waals surface area contributed by atoms with Crippen LogP contribution in [0.4, 0.5) is 0 Å². The van der Waals surface area contributed by atoms with Crippen molar-refractivity contribution >= 4 is 9.53 Å². The maximum Gasteiger partial charge on any atom is 0.905 e. The van der Waals surface area contributed by atoms with Crippen molar-refractivity contribution in [1.29, 1.82) is 0 Å². The third-order valence-electron chi connectivity index (χ3n) is 2.38. The lowest BCUT2D eigenvalue weighted by atomic mass is 9.90. The Kier molecular flexibility index (Phi) is 2.58. The molecule has 74 valence electrons. The van der Waals surface area contributed by atoms with Gasteiger partial charge in [0.15, 0.2) is 0 Å². The van der Waals surface area contributed by atoms with Gasteiger partial charge in [0, 0.05) is 0 Å². The molecule has 0 amide bonds. The normalized spacial score (nSPS) is 24.5.